The predicted molar refractivity (Wildman–Crippen MR) is 200 cm³/mol. The van der Waals surface area contributed by atoms with E-state index >= 15 is 0 Å². The van der Waals surface area contributed by atoms with Gasteiger partial charge in [0.15, 0.2) is 5.78 Å². The number of halogens is 2. The van der Waals surface area contributed by atoms with Crippen LogP contribution in [-0.4, -0.2) is 17.3 Å². The molecule has 1 fully saturated rings. The van der Waals surface area contributed by atoms with E-state index in [0.717, 1.165) is 35.4 Å². The fourth-order valence-electron chi connectivity index (χ4n) is 5.87. The summed E-state index contributed by atoms with van der Waals surface area (Å²) in [5.74, 6) is -0.151. The minimum absolute atomic E-state index is 0.144. The van der Waals surface area contributed by atoms with Gasteiger partial charge < -0.3 is 0 Å². The van der Waals surface area contributed by atoms with Crippen LogP contribution in [0.5, 0.6) is 0 Å². The molecule has 1 aliphatic rings. The van der Waals surface area contributed by atoms with E-state index in [2.05, 4.69) is 40.9 Å². The third-order valence-electron chi connectivity index (χ3n) is 9.55. The fraction of sp³-hybridized carbons (Fsp3) is 0.595. The van der Waals surface area contributed by atoms with Gasteiger partial charge in [0.1, 0.15) is 17.4 Å². The van der Waals surface area contributed by atoms with Crippen molar-refractivity contribution in [1.29, 1.82) is 0 Å². The summed E-state index contributed by atoms with van der Waals surface area (Å²) in [6.07, 6.45) is 13.8. The van der Waals surface area contributed by atoms with Crippen LogP contribution >= 0.6 is 0 Å². The van der Waals surface area contributed by atoms with Crippen molar-refractivity contribution in [2.24, 2.45) is 21.7 Å². The number of ketones is 2. The Labute approximate surface area is 286 Å². The van der Waals surface area contributed by atoms with Gasteiger partial charge in [-0.05, 0) is 95.1 Å². The molecule has 0 heterocycles. The number of benzene rings is 1. The quantitative estimate of drug-likeness (QED) is 0.114. The average molecular weight is 654 g/mol. The number of nitrogens with zero attached hydrogens (tertiary/aromatic N) is 1. The van der Waals surface area contributed by atoms with Crippen molar-refractivity contribution in [3.8, 4) is 0 Å². The van der Waals surface area contributed by atoms with E-state index in [9.17, 15) is 18.4 Å². The zero-order chi connectivity index (χ0) is 36.5. The topological polar surface area (TPSA) is 46.5 Å². The molecule has 264 valence electrons. The number of rotatable bonds is 14. The summed E-state index contributed by atoms with van der Waals surface area (Å²) < 4.78 is 26.3. The summed E-state index contributed by atoms with van der Waals surface area (Å²) in [4.78, 5) is 28.9. The van der Waals surface area contributed by atoms with Gasteiger partial charge in [-0.25, -0.2) is 8.78 Å². The second-order valence-corrected chi connectivity index (χ2v) is 14.2. The van der Waals surface area contributed by atoms with Crippen molar-refractivity contribution < 1.29 is 18.4 Å². The lowest BCUT2D eigenvalue weighted by atomic mass is 9.72. The van der Waals surface area contributed by atoms with Crippen LogP contribution in [0.1, 0.15) is 153 Å². The number of hydrogen-bond donors (Lipinski definition) is 0. The standard InChI is InChI=1S/C26H45NO.C14H14F2O.C2H6/c1-9-26(8,16-15-23-13-11-10-12-14-23)19-24(28)18-25(6,7)22(5)27-21(4)17-20(2)3;1-8(9(2)11(4)17)10(3)13-6-5-12(15)7-14(13)16;1-2/h17,23H,2,9-16,18-19H2,1,3-8H3;5-7H,2H2,1,3-4H3;1-2H3/b21-17-,27-22?;10-8+;. The molecule has 47 heavy (non-hydrogen) atoms. The highest BCUT2D eigenvalue weighted by atomic mass is 19.1. The van der Waals surface area contributed by atoms with Gasteiger partial charge in [0.05, 0.1) is 0 Å². The van der Waals surface area contributed by atoms with E-state index in [1.165, 1.54) is 64.0 Å². The Kier molecular flexibility index (Phi) is 19.8. The van der Waals surface area contributed by atoms with Crippen LogP contribution in [0.4, 0.5) is 8.78 Å². The van der Waals surface area contributed by atoms with Gasteiger partial charge in [-0.3, -0.25) is 14.6 Å². The Bertz CT molecular complexity index is 1310. The highest BCUT2D eigenvalue weighted by Gasteiger charge is 2.31. The molecule has 2 rings (SSSR count). The van der Waals surface area contributed by atoms with Crippen LogP contribution in [-0.2, 0) is 9.59 Å². The Hall–Kier alpha value is -2.95. The van der Waals surface area contributed by atoms with E-state index in [0.29, 0.717) is 35.3 Å². The summed E-state index contributed by atoms with van der Waals surface area (Å²) >= 11 is 0. The van der Waals surface area contributed by atoms with E-state index in [1.54, 1.807) is 13.8 Å². The number of carbonyl (C=O) groups excluding carboxylic acids is 2. The number of carbonyl (C=O) groups is 2. The molecular formula is C42H65F2NO2. The highest BCUT2D eigenvalue weighted by molar-refractivity contribution is 5.99. The van der Waals surface area contributed by atoms with E-state index < -0.39 is 11.6 Å². The zero-order valence-electron chi connectivity index (χ0n) is 31.9. The van der Waals surface area contributed by atoms with E-state index in [1.807, 2.05) is 40.7 Å². The first-order chi connectivity index (χ1) is 21.8. The molecule has 0 saturated heterocycles. The third kappa shape index (κ3) is 16.1. The molecule has 0 aliphatic heterocycles. The fourth-order valence-corrected chi connectivity index (χ4v) is 5.87. The molecule has 1 atom stereocenters. The molecule has 1 aromatic rings. The molecule has 1 unspecified atom stereocenters. The summed E-state index contributed by atoms with van der Waals surface area (Å²) in [7, 11) is 0. The first-order valence-electron chi connectivity index (χ1n) is 17.6. The molecule has 0 bridgehead atoms. The second-order valence-electron chi connectivity index (χ2n) is 14.2. The zero-order valence-corrected chi connectivity index (χ0v) is 31.9. The molecule has 0 radical (unpaired) electrons. The van der Waals surface area contributed by atoms with Gasteiger partial charge in [-0.1, -0.05) is 98.8 Å². The summed E-state index contributed by atoms with van der Waals surface area (Å²) in [5.41, 5.74) is 4.74. The Morgan fingerprint density at radius 3 is 2.00 bits per heavy atom. The minimum Gasteiger partial charge on any atom is -0.300 e. The van der Waals surface area contributed by atoms with Gasteiger partial charge in [0.25, 0.3) is 0 Å². The number of hydrogen-bond acceptors (Lipinski definition) is 3. The molecule has 1 saturated carbocycles. The Morgan fingerprint density at radius 1 is 0.936 bits per heavy atom. The normalized spacial score (nSPS) is 16.0. The smallest absolute Gasteiger partial charge is 0.159 e. The number of Topliss-reactive ketones (excluding diaryl/α,β-unsaturated/α-hetero) is 2. The summed E-state index contributed by atoms with van der Waals surface area (Å²) in [5, 5.41) is 0. The molecule has 0 aromatic heterocycles. The van der Waals surface area contributed by atoms with Crippen molar-refractivity contribution in [2.75, 3.05) is 0 Å². The monoisotopic (exact) mass is 653 g/mol. The van der Waals surface area contributed by atoms with Crippen molar-refractivity contribution in [3.05, 3.63) is 77.0 Å². The second kappa shape index (κ2) is 21.1. The maximum Gasteiger partial charge on any atom is 0.159 e. The summed E-state index contributed by atoms with van der Waals surface area (Å²) in [6.45, 7) is 31.2. The third-order valence-corrected chi connectivity index (χ3v) is 9.55. The van der Waals surface area contributed by atoms with Crippen molar-refractivity contribution in [2.45, 2.75) is 147 Å². The molecule has 0 amide bonds. The largest absolute Gasteiger partial charge is 0.300 e. The van der Waals surface area contributed by atoms with Crippen molar-refractivity contribution >= 4 is 22.9 Å². The van der Waals surface area contributed by atoms with Crippen LogP contribution < -0.4 is 0 Å². The van der Waals surface area contributed by atoms with Crippen LogP contribution in [0.2, 0.25) is 0 Å². The first-order valence-corrected chi connectivity index (χ1v) is 17.6. The SMILES string of the molecule is C=C(C(C)=O)/C(C)=C(\C)c1ccc(F)cc1F.C=C(C)/C=C(/C)N=C(C)C(C)(C)CC(=O)CC(C)(CC)CCC1CCCCC1.CC. The lowest BCUT2D eigenvalue weighted by Gasteiger charge is -2.32. The molecule has 5 heteroatoms. The first kappa shape index (κ1) is 44.0. The highest BCUT2D eigenvalue weighted by Crippen LogP contribution is 2.38. The van der Waals surface area contributed by atoms with Crippen LogP contribution in [0.15, 0.2) is 64.8 Å². The van der Waals surface area contributed by atoms with Gasteiger partial charge in [0.2, 0.25) is 0 Å². The number of allylic oxidation sites excluding steroid dienone is 6. The average Bonchev–Trinajstić information content (AvgIpc) is 3.00. The van der Waals surface area contributed by atoms with Crippen LogP contribution in [0.25, 0.3) is 5.57 Å². The van der Waals surface area contributed by atoms with Crippen LogP contribution in [0.3, 0.4) is 0 Å². The molecule has 3 nitrogen and oxygen atoms in total. The van der Waals surface area contributed by atoms with Gasteiger partial charge in [-0.15, -0.1) is 0 Å². The molecule has 0 spiro atoms. The van der Waals surface area contributed by atoms with E-state index in [-0.39, 0.29) is 22.2 Å². The molecule has 1 aliphatic carbocycles. The molecule has 1 aromatic carbocycles. The summed E-state index contributed by atoms with van der Waals surface area (Å²) in [6, 6.07) is 3.37. The predicted octanol–water partition coefficient (Wildman–Crippen LogP) is 13.0. The van der Waals surface area contributed by atoms with Crippen molar-refractivity contribution in [1.82, 2.24) is 0 Å². The van der Waals surface area contributed by atoms with Gasteiger partial charge in [0, 0.05) is 46.9 Å². The van der Waals surface area contributed by atoms with E-state index in [4.69, 9.17) is 4.99 Å². The minimum atomic E-state index is -0.641. The molecular weight excluding hydrogens is 588 g/mol. The van der Waals surface area contributed by atoms with Crippen molar-refractivity contribution in [3.63, 3.8) is 0 Å². The van der Waals surface area contributed by atoms with Gasteiger partial charge >= 0.3 is 0 Å². The maximum atomic E-state index is 13.5. The molecule has 0 N–H and O–H groups in total. The van der Waals surface area contributed by atoms with Crippen LogP contribution in [0, 0.1) is 28.4 Å². The van der Waals surface area contributed by atoms with Gasteiger partial charge in [-0.2, -0.15) is 0 Å². The maximum absolute atomic E-state index is 13.5. The lowest BCUT2D eigenvalue weighted by molar-refractivity contribution is -0.122. The Morgan fingerprint density at radius 2 is 1.51 bits per heavy atom. The Balaban J connectivity index is 0.000000949. The number of aliphatic imine (C=N–C) groups is 1. The lowest BCUT2D eigenvalue weighted by Crippen LogP contribution is -2.29.